The van der Waals surface area contributed by atoms with Crippen molar-refractivity contribution in [1.82, 2.24) is 10.9 Å². The molecule has 2 N–H and O–H groups in total. The molecule has 2 rings (SSSR count). The van der Waals surface area contributed by atoms with Gasteiger partial charge < -0.3 is 0 Å². The highest BCUT2D eigenvalue weighted by Gasteiger charge is 2.11. The predicted molar refractivity (Wildman–Crippen MR) is 91.4 cm³/mol. The lowest BCUT2D eigenvalue weighted by Crippen LogP contribution is -2.41. The minimum atomic E-state index is -0.458. The number of carbonyl (C=O) groups excluding carboxylic acids is 2. The first kappa shape index (κ1) is 17.0. The van der Waals surface area contributed by atoms with Crippen molar-refractivity contribution in [2.45, 2.75) is 20.3 Å². The SMILES string of the molecule is CC(C)Cc1ccc(C(=O)NNC(=O)c2ccccc2Cl)cc1. The van der Waals surface area contributed by atoms with Crippen molar-refractivity contribution >= 4 is 23.4 Å². The van der Waals surface area contributed by atoms with E-state index in [1.807, 2.05) is 12.1 Å². The second-order valence-corrected chi connectivity index (χ2v) is 6.09. The van der Waals surface area contributed by atoms with Gasteiger partial charge in [-0.25, -0.2) is 0 Å². The predicted octanol–water partition coefficient (Wildman–Crippen LogP) is 3.61. The molecule has 2 amide bonds. The Labute approximate surface area is 140 Å². The standard InChI is InChI=1S/C18H19ClN2O2/c1-12(2)11-13-7-9-14(10-8-13)17(22)20-21-18(23)15-5-3-4-6-16(15)19/h3-10,12H,11H2,1-2H3,(H,20,22)(H,21,23). The molecule has 0 heterocycles. The van der Waals surface area contributed by atoms with Crippen LogP contribution in [0.4, 0.5) is 0 Å². The topological polar surface area (TPSA) is 58.2 Å². The van der Waals surface area contributed by atoms with E-state index in [1.54, 1.807) is 36.4 Å². The highest BCUT2D eigenvalue weighted by atomic mass is 35.5. The van der Waals surface area contributed by atoms with Crippen LogP contribution in [0.5, 0.6) is 0 Å². The Hall–Kier alpha value is -2.33. The van der Waals surface area contributed by atoms with Gasteiger partial charge >= 0.3 is 0 Å². The Bertz CT molecular complexity index is 696. The molecule has 0 saturated carbocycles. The molecule has 0 aromatic heterocycles. The second kappa shape index (κ2) is 7.79. The number of hydrazine groups is 1. The molecule has 0 bridgehead atoms. The number of halogens is 1. The van der Waals surface area contributed by atoms with E-state index < -0.39 is 5.91 Å². The quantitative estimate of drug-likeness (QED) is 0.841. The van der Waals surface area contributed by atoms with Crippen LogP contribution in [-0.4, -0.2) is 11.8 Å². The van der Waals surface area contributed by atoms with E-state index in [-0.39, 0.29) is 5.91 Å². The number of rotatable bonds is 4. The first-order valence-corrected chi connectivity index (χ1v) is 7.79. The van der Waals surface area contributed by atoms with Crippen LogP contribution in [0.2, 0.25) is 5.02 Å². The maximum atomic E-state index is 12.0. The van der Waals surface area contributed by atoms with Crippen LogP contribution in [0, 0.1) is 5.92 Å². The van der Waals surface area contributed by atoms with Gasteiger partial charge in [0.1, 0.15) is 0 Å². The Kier molecular flexibility index (Phi) is 5.77. The monoisotopic (exact) mass is 330 g/mol. The minimum Gasteiger partial charge on any atom is -0.267 e. The van der Waals surface area contributed by atoms with Gasteiger partial charge in [0.05, 0.1) is 10.6 Å². The summed E-state index contributed by atoms with van der Waals surface area (Å²) in [5.74, 6) is -0.272. The molecule has 0 saturated heterocycles. The van der Waals surface area contributed by atoms with Crippen molar-refractivity contribution in [3.63, 3.8) is 0 Å². The van der Waals surface area contributed by atoms with Crippen LogP contribution < -0.4 is 10.9 Å². The summed E-state index contributed by atoms with van der Waals surface area (Å²) in [6.45, 7) is 4.29. The van der Waals surface area contributed by atoms with Gasteiger partial charge in [0.2, 0.25) is 0 Å². The molecule has 0 aliphatic rings. The zero-order valence-electron chi connectivity index (χ0n) is 13.1. The molecule has 23 heavy (non-hydrogen) atoms. The smallest absolute Gasteiger partial charge is 0.267 e. The molecule has 5 heteroatoms. The second-order valence-electron chi connectivity index (χ2n) is 5.68. The third kappa shape index (κ3) is 4.83. The normalized spacial score (nSPS) is 10.4. The summed E-state index contributed by atoms with van der Waals surface area (Å²) in [5.41, 5.74) is 6.72. The lowest BCUT2D eigenvalue weighted by Gasteiger charge is -2.09. The third-order valence-corrected chi connectivity index (χ3v) is 3.60. The molecular weight excluding hydrogens is 312 g/mol. The lowest BCUT2D eigenvalue weighted by atomic mass is 10.0. The lowest BCUT2D eigenvalue weighted by molar-refractivity contribution is 0.0846. The van der Waals surface area contributed by atoms with Crippen molar-refractivity contribution in [3.8, 4) is 0 Å². The summed E-state index contributed by atoms with van der Waals surface area (Å²) in [7, 11) is 0. The average molecular weight is 331 g/mol. The molecule has 0 atom stereocenters. The van der Waals surface area contributed by atoms with Crippen LogP contribution >= 0.6 is 11.6 Å². The fourth-order valence-electron chi connectivity index (χ4n) is 2.16. The number of carbonyl (C=O) groups is 2. The number of hydrogen-bond donors (Lipinski definition) is 2. The van der Waals surface area contributed by atoms with Crippen LogP contribution in [0.1, 0.15) is 40.1 Å². The molecule has 0 aliphatic carbocycles. The fraction of sp³-hybridized carbons (Fsp3) is 0.222. The van der Waals surface area contributed by atoms with Crippen LogP contribution in [0.3, 0.4) is 0 Å². The van der Waals surface area contributed by atoms with Crippen molar-refractivity contribution in [2.75, 3.05) is 0 Å². The zero-order chi connectivity index (χ0) is 16.8. The van der Waals surface area contributed by atoms with Crippen molar-refractivity contribution in [3.05, 3.63) is 70.2 Å². The molecule has 0 spiro atoms. The van der Waals surface area contributed by atoms with E-state index >= 15 is 0 Å². The van der Waals surface area contributed by atoms with Gasteiger partial charge in [-0.1, -0.05) is 49.7 Å². The number of hydrogen-bond acceptors (Lipinski definition) is 2. The maximum absolute atomic E-state index is 12.0. The average Bonchev–Trinajstić information content (AvgIpc) is 2.53. The summed E-state index contributed by atoms with van der Waals surface area (Å²) in [5, 5.41) is 0.331. The zero-order valence-corrected chi connectivity index (χ0v) is 13.9. The fourth-order valence-corrected chi connectivity index (χ4v) is 2.38. The van der Waals surface area contributed by atoms with E-state index in [9.17, 15) is 9.59 Å². The summed E-state index contributed by atoms with van der Waals surface area (Å²) in [6, 6.07) is 14.0. The van der Waals surface area contributed by atoms with E-state index in [1.165, 1.54) is 5.56 Å². The molecular formula is C18H19ClN2O2. The first-order chi connectivity index (χ1) is 11.0. The van der Waals surface area contributed by atoms with Gasteiger partial charge in [-0.3, -0.25) is 20.4 Å². The molecule has 0 unspecified atom stereocenters. The third-order valence-electron chi connectivity index (χ3n) is 3.27. The Morgan fingerprint density at radius 3 is 2.17 bits per heavy atom. The molecule has 0 fully saturated rings. The molecule has 0 radical (unpaired) electrons. The van der Waals surface area contributed by atoms with Crippen LogP contribution in [0.25, 0.3) is 0 Å². The molecule has 120 valence electrons. The van der Waals surface area contributed by atoms with E-state index in [4.69, 9.17) is 11.6 Å². The highest BCUT2D eigenvalue weighted by molar-refractivity contribution is 6.33. The summed E-state index contributed by atoms with van der Waals surface area (Å²) >= 11 is 5.94. The van der Waals surface area contributed by atoms with Gasteiger partial charge in [0.15, 0.2) is 0 Å². The summed E-state index contributed by atoms with van der Waals surface area (Å²) in [6.07, 6.45) is 0.963. The van der Waals surface area contributed by atoms with E-state index in [0.717, 1.165) is 6.42 Å². The number of nitrogens with one attached hydrogen (secondary N) is 2. The van der Waals surface area contributed by atoms with E-state index in [0.29, 0.717) is 22.1 Å². The summed E-state index contributed by atoms with van der Waals surface area (Å²) < 4.78 is 0. The molecule has 2 aromatic rings. The maximum Gasteiger partial charge on any atom is 0.271 e. The van der Waals surface area contributed by atoms with Gasteiger partial charge in [0.25, 0.3) is 11.8 Å². The van der Waals surface area contributed by atoms with Gasteiger partial charge in [-0.2, -0.15) is 0 Å². The van der Waals surface area contributed by atoms with Crippen LogP contribution in [0.15, 0.2) is 48.5 Å². The van der Waals surface area contributed by atoms with Gasteiger partial charge in [0, 0.05) is 5.56 Å². The largest absolute Gasteiger partial charge is 0.271 e. The summed E-state index contributed by atoms with van der Waals surface area (Å²) in [4.78, 5) is 24.0. The molecule has 4 nitrogen and oxygen atoms in total. The highest BCUT2D eigenvalue weighted by Crippen LogP contribution is 2.14. The van der Waals surface area contributed by atoms with Crippen LogP contribution in [-0.2, 0) is 6.42 Å². The number of amides is 2. The minimum absolute atomic E-state index is 0.307. The van der Waals surface area contributed by atoms with Gasteiger partial charge in [-0.15, -0.1) is 0 Å². The number of benzene rings is 2. The van der Waals surface area contributed by atoms with Crippen molar-refractivity contribution in [2.24, 2.45) is 5.92 Å². The Balaban J connectivity index is 1.94. The Morgan fingerprint density at radius 2 is 1.57 bits per heavy atom. The molecule has 2 aromatic carbocycles. The Morgan fingerprint density at radius 1 is 0.957 bits per heavy atom. The first-order valence-electron chi connectivity index (χ1n) is 7.41. The van der Waals surface area contributed by atoms with Crippen molar-refractivity contribution in [1.29, 1.82) is 0 Å². The van der Waals surface area contributed by atoms with Gasteiger partial charge in [-0.05, 0) is 42.2 Å². The molecule has 0 aliphatic heterocycles. The van der Waals surface area contributed by atoms with E-state index in [2.05, 4.69) is 24.7 Å². The van der Waals surface area contributed by atoms with Crippen molar-refractivity contribution < 1.29 is 9.59 Å².